The fourth-order valence-electron chi connectivity index (χ4n) is 0.520. The largest absolute Gasteiger partial charge is 0.412 e. The van der Waals surface area contributed by atoms with Gasteiger partial charge in [-0.3, -0.25) is 4.18 Å². The molecule has 13 heavy (non-hydrogen) atoms. The van der Waals surface area contributed by atoms with E-state index in [2.05, 4.69) is 0 Å². The summed E-state index contributed by atoms with van der Waals surface area (Å²) in [6.07, 6.45) is 1.34. The van der Waals surface area contributed by atoms with Gasteiger partial charge in [-0.2, -0.15) is 8.42 Å². The van der Waals surface area contributed by atoms with Crippen molar-refractivity contribution in [1.29, 1.82) is 0 Å². The molecule has 1 atom stereocenters. The van der Waals surface area contributed by atoms with E-state index in [1.165, 1.54) is 0 Å². The summed E-state index contributed by atoms with van der Waals surface area (Å²) in [6, 6.07) is 0. The standard InChI is InChI=1S/C7H16O3S.H3N.H2O/c1-4-6-10-11(8,9)7(3)5-2;;/h7H,4-6H2,1-3H3;1H3;1H2. The Morgan fingerprint density at radius 1 is 1.31 bits per heavy atom. The molecule has 0 aromatic heterocycles. The van der Waals surface area contributed by atoms with Gasteiger partial charge in [-0.05, 0) is 19.8 Å². The molecule has 84 valence electrons. The summed E-state index contributed by atoms with van der Waals surface area (Å²) in [5, 5.41) is -0.381. The molecular formula is C7H21NO4S. The van der Waals surface area contributed by atoms with Crippen molar-refractivity contribution in [3.63, 3.8) is 0 Å². The van der Waals surface area contributed by atoms with E-state index in [4.69, 9.17) is 4.18 Å². The molecule has 0 rings (SSSR count). The van der Waals surface area contributed by atoms with Gasteiger partial charge in [0.25, 0.3) is 10.1 Å². The molecule has 0 saturated carbocycles. The SMILES string of the molecule is CCCOS(=O)(=O)C(C)CC.N.O. The zero-order valence-corrected chi connectivity index (χ0v) is 9.36. The Labute approximate surface area is 80.5 Å². The van der Waals surface area contributed by atoms with E-state index < -0.39 is 10.1 Å². The monoisotopic (exact) mass is 215 g/mol. The van der Waals surface area contributed by atoms with E-state index in [9.17, 15) is 8.42 Å². The van der Waals surface area contributed by atoms with Crippen LogP contribution in [0.4, 0.5) is 0 Å². The summed E-state index contributed by atoms with van der Waals surface area (Å²) in [5.41, 5.74) is 0. The molecule has 5 N–H and O–H groups in total. The molecule has 1 unspecified atom stereocenters. The minimum Gasteiger partial charge on any atom is -0.412 e. The van der Waals surface area contributed by atoms with Gasteiger partial charge in [-0.25, -0.2) is 0 Å². The zero-order chi connectivity index (χ0) is 8.91. The van der Waals surface area contributed by atoms with Gasteiger partial charge in [-0.15, -0.1) is 0 Å². The van der Waals surface area contributed by atoms with E-state index in [-0.39, 0.29) is 16.9 Å². The van der Waals surface area contributed by atoms with E-state index in [0.29, 0.717) is 13.0 Å². The van der Waals surface area contributed by atoms with Crippen molar-refractivity contribution in [3.8, 4) is 0 Å². The smallest absolute Gasteiger partial charge is 0.269 e. The lowest BCUT2D eigenvalue weighted by Crippen LogP contribution is -2.19. The lowest BCUT2D eigenvalue weighted by Gasteiger charge is -2.09. The third-order valence-electron chi connectivity index (χ3n) is 1.52. The molecule has 0 saturated heterocycles. The summed E-state index contributed by atoms with van der Waals surface area (Å²) in [4.78, 5) is 0. The van der Waals surface area contributed by atoms with Crippen molar-refractivity contribution < 1.29 is 18.1 Å². The highest BCUT2D eigenvalue weighted by Crippen LogP contribution is 2.07. The molecule has 0 aromatic rings. The highest BCUT2D eigenvalue weighted by atomic mass is 32.2. The Kier molecular flexibility index (Phi) is 12.0. The maximum atomic E-state index is 11.1. The van der Waals surface area contributed by atoms with Crippen molar-refractivity contribution >= 4 is 10.1 Å². The second-order valence-corrected chi connectivity index (χ2v) is 4.56. The third-order valence-corrected chi connectivity index (χ3v) is 3.33. The van der Waals surface area contributed by atoms with Crippen molar-refractivity contribution in [3.05, 3.63) is 0 Å². The van der Waals surface area contributed by atoms with Crippen LogP contribution in [-0.4, -0.2) is 25.8 Å². The highest BCUT2D eigenvalue weighted by molar-refractivity contribution is 7.87. The van der Waals surface area contributed by atoms with E-state index in [1.807, 2.05) is 13.8 Å². The predicted octanol–water partition coefficient (Wildman–Crippen LogP) is 0.879. The van der Waals surface area contributed by atoms with E-state index >= 15 is 0 Å². The second-order valence-electron chi connectivity index (χ2n) is 2.53. The summed E-state index contributed by atoms with van der Waals surface area (Å²) in [7, 11) is -3.27. The zero-order valence-electron chi connectivity index (χ0n) is 8.54. The maximum absolute atomic E-state index is 11.1. The van der Waals surface area contributed by atoms with Gasteiger partial charge in [0.2, 0.25) is 0 Å². The second kappa shape index (κ2) is 8.43. The first-order valence-electron chi connectivity index (χ1n) is 3.92. The van der Waals surface area contributed by atoms with E-state index in [0.717, 1.165) is 6.42 Å². The molecule has 5 nitrogen and oxygen atoms in total. The molecule has 6 heteroatoms. The molecule has 0 aromatic carbocycles. The van der Waals surface area contributed by atoms with Crippen LogP contribution >= 0.6 is 0 Å². The van der Waals surface area contributed by atoms with Crippen molar-refractivity contribution in [2.75, 3.05) is 6.61 Å². The Bertz CT molecular complexity index is 191. The van der Waals surface area contributed by atoms with Crippen LogP contribution in [0, 0.1) is 0 Å². The molecule has 0 radical (unpaired) electrons. The fraction of sp³-hybridized carbons (Fsp3) is 1.00. The van der Waals surface area contributed by atoms with Crippen LogP contribution in [0.1, 0.15) is 33.6 Å². The predicted molar refractivity (Wildman–Crippen MR) is 53.6 cm³/mol. The van der Waals surface area contributed by atoms with Gasteiger partial charge < -0.3 is 11.6 Å². The average Bonchev–Trinajstić information content (AvgIpc) is 1.99. The molecule has 0 fully saturated rings. The van der Waals surface area contributed by atoms with Crippen LogP contribution in [0.25, 0.3) is 0 Å². The number of hydrogen-bond acceptors (Lipinski definition) is 4. The van der Waals surface area contributed by atoms with Gasteiger partial charge in [0, 0.05) is 0 Å². The summed E-state index contributed by atoms with van der Waals surface area (Å²) < 4.78 is 26.9. The minimum absolute atomic E-state index is 0. The molecular weight excluding hydrogens is 194 g/mol. The van der Waals surface area contributed by atoms with Gasteiger partial charge in [0.1, 0.15) is 0 Å². The first-order valence-corrected chi connectivity index (χ1v) is 5.40. The number of hydrogen-bond donors (Lipinski definition) is 1. The van der Waals surface area contributed by atoms with Crippen molar-refractivity contribution in [2.45, 2.75) is 38.9 Å². The van der Waals surface area contributed by atoms with Gasteiger partial charge >= 0.3 is 0 Å². The van der Waals surface area contributed by atoms with Crippen molar-refractivity contribution in [1.82, 2.24) is 6.15 Å². The summed E-state index contributed by atoms with van der Waals surface area (Å²) in [5.74, 6) is 0. The highest BCUT2D eigenvalue weighted by Gasteiger charge is 2.18. The molecule has 0 heterocycles. The first kappa shape index (κ1) is 18.6. The third kappa shape index (κ3) is 6.94. The van der Waals surface area contributed by atoms with Crippen molar-refractivity contribution in [2.24, 2.45) is 0 Å². The lowest BCUT2D eigenvalue weighted by molar-refractivity contribution is 0.312. The van der Waals surface area contributed by atoms with Gasteiger partial charge in [0.05, 0.1) is 11.9 Å². The molecule has 0 aliphatic heterocycles. The summed E-state index contributed by atoms with van der Waals surface area (Å²) >= 11 is 0. The normalized spacial score (nSPS) is 12.5. The Morgan fingerprint density at radius 3 is 2.08 bits per heavy atom. The minimum atomic E-state index is -3.27. The maximum Gasteiger partial charge on any atom is 0.269 e. The topological polar surface area (TPSA) is 110 Å². The van der Waals surface area contributed by atoms with Crippen LogP contribution in [0.3, 0.4) is 0 Å². The molecule has 0 spiro atoms. The average molecular weight is 215 g/mol. The Balaban J connectivity index is -0.000000500. The number of rotatable bonds is 5. The Hall–Kier alpha value is -0.170. The van der Waals surface area contributed by atoms with Crippen LogP contribution in [0.5, 0.6) is 0 Å². The van der Waals surface area contributed by atoms with Gasteiger partial charge in [-0.1, -0.05) is 13.8 Å². The molecule has 0 aliphatic carbocycles. The quantitative estimate of drug-likeness (QED) is 0.686. The van der Waals surface area contributed by atoms with Gasteiger partial charge in [0.15, 0.2) is 0 Å². The van der Waals surface area contributed by atoms with E-state index in [1.54, 1.807) is 6.92 Å². The lowest BCUT2D eigenvalue weighted by atomic mass is 10.4. The summed E-state index contributed by atoms with van der Waals surface area (Å²) in [6.45, 7) is 5.67. The first-order chi connectivity index (χ1) is 5.04. The molecule has 0 aliphatic rings. The van der Waals surface area contributed by atoms with Crippen LogP contribution in [0.2, 0.25) is 0 Å². The Morgan fingerprint density at radius 2 is 1.77 bits per heavy atom. The van der Waals surface area contributed by atoms with Crippen LogP contribution in [-0.2, 0) is 14.3 Å². The molecule has 0 amide bonds. The molecule has 0 bridgehead atoms. The fourth-order valence-corrected chi connectivity index (χ4v) is 1.56. The van der Waals surface area contributed by atoms with Crippen LogP contribution < -0.4 is 6.15 Å². The van der Waals surface area contributed by atoms with Crippen LogP contribution in [0.15, 0.2) is 0 Å².